The molecule has 0 spiro atoms. The number of nitrogens with zero attached hydrogens (tertiary/aromatic N) is 2. The molecule has 0 aliphatic carbocycles. The standard InChI is InChI=1S/C17H18N4O2/c1-9-6-11(7-10(2)15(9)23-3)8-12-14-13(20-17(18)21-14)4-5-19-16(12)22/h4-7H,8H2,1-3H3,(H,19,22)(H2,18,20,21). The normalized spacial score (nSPS) is 10.9. The third kappa shape index (κ3) is 2.75. The van der Waals surface area contributed by atoms with Gasteiger partial charge in [0, 0.05) is 18.2 Å². The van der Waals surface area contributed by atoms with Crippen molar-refractivity contribution < 1.29 is 4.74 Å². The summed E-state index contributed by atoms with van der Waals surface area (Å²) in [5, 5.41) is 0. The van der Waals surface area contributed by atoms with Gasteiger partial charge in [-0.25, -0.2) is 9.97 Å². The quantitative estimate of drug-likeness (QED) is 0.772. The van der Waals surface area contributed by atoms with E-state index in [1.807, 2.05) is 26.0 Å². The molecule has 1 aromatic carbocycles. The van der Waals surface area contributed by atoms with Crippen molar-refractivity contribution in [3.05, 3.63) is 57.0 Å². The van der Waals surface area contributed by atoms with Gasteiger partial charge >= 0.3 is 0 Å². The van der Waals surface area contributed by atoms with Crippen molar-refractivity contribution in [2.45, 2.75) is 20.3 Å². The fraction of sp³-hybridized carbons (Fsp3) is 0.235. The molecule has 0 saturated heterocycles. The molecular formula is C17H18N4O2. The van der Waals surface area contributed by atoms with Gasteiger partial charge in [0.25, 0.3) is 5.56 Å². The van der Waals surface area contributed by atoms with E-state index in [4.69, 9.17) is 10.5 Å². The van der Waals surface area contributed by atoms with Crippen LogP contribution in [0, 0.1) is 13.8 Å². The minimum absolute atomic E-state index is 0.175. The lowest BCUT2D eigenvalue weighted by Crippen LogP contribution is -2.11. The third-order valence-electron chi connectivity index (χ3n) is 3.82. The predicted octanol–water partition coefficient (Wildman–Crippen LogP) is 2.07. The van der Waals surface area contributed by atoms with Crippen LogP contribution in [0.15, 0.2) is 29.2 Å². The van der Waals surface area contributed by atoms with E-state index in [0.29, 0.717) is 23.4 Å². The maximum absolute atomic E-state index is 12.4. The average Bonchev–Trinajstić information content (AvgIpc) is 2.78. The highest BCUT2D eigenvalue weighted by Crippen LogP contribution is 2.27. The Bertz CT molecular complexity index is 878. The van der Waals surface area contributed by atoms with E-state index >= 15 is 0 Å². The number of hydrogen-bond acceptors (Lipinski definition) is 5. The van der Waals surface area contributed by atoms with Gasteiger partial charge in [0.2, 0.25) is 5.95 Å². The minimum atomic E-state index is -0.189. The number of aromatic nitrogens is 3. The molecule has 0 fully saturated rings. The zero-order chi connectivity index (χ0) is 16.6. The van der Waals surface area contributed by atoms with E-state index in [2.05, 4.69) is 15.0 Å². The van der Waals surface area contributed by atoms with Crippen molar-refractivity contribution in [3.8, 4) is 17.1 Å². The number of aromatic amines is 1. The number of imidazole rings is 1. The molecule has 3 N–H and O–H groups in total. The lowest BCUT2D eigenvalue weighted by molar-refractivity contribution is 0.408. The Hall–Kier alpha value is -2.89. The third-order valence-corrected chi connectivity index (χ3v) is 3.82. The number of H-pyrrole nitrogens is 1. The molecule has 0 atom stereocenters. The van der Waals surface area contributed by atoms with Crippen molar-refractivity contribution in [3.63, 3.8) is 0 Å². The van der Waals surface area contributed by atoms with Crippen LogP contribution in [0.1, 0.15) is 22.3 Å². The van der Waals surface area contributed by atoms with Gasteiger partial charge in [0.05, 0.1) is 12.8 Å². The maximum atomic E-state index is 12.4. The summed E-state index contributed by atoms with van der Waals surface area (Å²) in [6.07, 6.45) is 2.01. The van der Waals surface area contributed by atoms with Crippen LogP contribution >= 0.6 is 0 Å². The van der Waals surface area contributed by atoms with Crippen molar-refractivity contribution in [2.75, 3.05) is 12.8 Å². The van der Waals surface area contributed by atoms with Crippen molar-refractivity contribution in [1.82, 2.24) is 15.0 Å². The second-order valence-electron chi connectivity index (χ2n) is 5.54. The summed E-state index contributed by atoms with van der Waals surface area (Å²) >= 11 is 0. The second kappa shape index (κ2) is 5.72. The largest absolute Gasteiger partial charge is 0.496 e. The summed E-state index contributed by atoms with van der Waals surface area (Å²) in [6.45, 7) is 3.97. The minimum Gasteiger partial charge on any atom is -0.496 e. The topological polar surface area (TPSA) is 93.9 Å². The molecule has 6 heteroatoms. The molecule has 0 bridgehead atoms. The lowest BCUT2D eigenvalue weighted by Gasteiger charge is -2.11. The van der Waals surface area contributed by atoms with Crippen molar-refractivity contribution in [2.24, 2.45) is 0 Å². The van der Waals surface area contributed by atoms with E-state index in [1.54, 1.807) is 19.4 Å². The molecular weight excluding hydrogens is 292 g/mol. The van der Waals surface area contributed by atoms with Crippen LogP contribution in [-0.4, -0.2) is 22.1 Å². The molecule has 1 aromatic rings. The monoisotopic (exact) mass is 310 g/mol. The number of anilines is 1. The van der Waals surface area contributed by atoms with Gasteiger partial charge in [-0.1, -0.05) is 12.1 Å². The smallest absolute Gasteiger partial charge is 0.253 e. The molecule has 0 unspecified atom stereocenters. The molecule has 2 aliphatic heterocycles. The first kappa shape index (κ1) is 15.0. The summed E-state index contributed by atoms with van der Waals surface area (Å²) in [4.78, 5) is 23.4. The second-order valence-corrected chi connectivity index (χ2v) is 5.54. The Kier molecular flexibility index (Phi) is 3.73. The molecule has 0 radical (unpaired) electrons. The predicted molar refractivity (Wildman–Crippen MR) is 89.0 cm³/mol. The number of methoxy groups -OCH3 is 1. The number of aryl methyl sites for hydroxylation is 2. The molecule has 3 rings (SSSR count). The Morgan fingerprint density at radius 3 is 2.57 bits per heavy atom. The van der Waals surface area contributed by atoms with Gasteiger partial charge in [-0.2, -0.15) is 0 Å². The molecule has 2 heterocycles. The molecule has 2 aliphatic rings. The number of nitrogens with two attached hydrogens (primary N) is 1. The molecule has 6 nitrogen and oxygen atoms in total. The van der Waals surface area contributed by atoms with E-state index in [-0.39, 0.29) is 11.5 Å². The summed E-state index contributed by atoms with van der Waals surface area (Å²) in [5.41, 5.74) is 10.3. The number of nitrogen functional groups attached to an aromatic ring is 1. The van der Waals surface area contributed by atoms with Gasteiger partial charge in [0.1, 0.15) is 11.4 Å². The van der Waals surface area contributed by atoms with E-state index in [9.17, 15) is 4.79 Å². The summed E-state index contributed by atoms with van der Waals surface area (Å²) < 4.78 is 5.39. The average molecular weight is 310 g/mol. The van der Waals surface area contributed by atoms with E-state index < -0.39 is 0 Å². The maximum Gasteiger partial charge on any atom is 0.253 e. The first-order valence-electron chi connectivity index (χ1n) is 7.27. The van der Waals surface area contributed by atoms with Gasteiger partial charge < -0.3 is 15.5 Å². The first-order valence-corrected chi connectivity index (χ1v) is 7.27. The van der Waals surface area contributed by atoms with Crippen LogP contribution in [0.2, 0.25) is 0 Å². The number of rotatable bonds is 3. The van der Waals surface area contributed by atoms with Crippen molar-refractivity contribution in [1.29, 1.82) is 0 Å². The van der Waals surface area contributed by atoms with Crippen LogP contribution < -0.4 is 16.0 Å². The van der Waals surface area contributed by atoms with E-state index in [0.717, 1.165) is 22.4 Å². The Morgan fingerprint density at radius 1 is 1.22 bits per heavy atom. The number of nitrogens with one attached hydrogen (secondary N) is 1. The molecule has 0 saturated carbocycles. The highest BCUT2D eigenvalue weighted by molar-refractivity contribution is 5.63. The highest BCUT2D eigenvalue weighted by Gasteiger charge is 2.17. The first-order chi connectivity index (χ1) is 11.0. The Balaban J connectivity index is 2.12. The molecule has 0 amide bonds. The van der Waals surface area contributed by atoms with Gasteiger partial charge in [-0.15, -0.1) is 0 Å². The fourth-order valence-corrected chi connectivity index (χ4v) is 2.93. The SMILES string of the molecule is COc1c(C)cc(Cc2c3nc(N)nc-3cc[nH]c2=O)cc1C. The number of benzene rings is 1. The summed E-state index contributed by atoms with van der Waals surface area (Å²) in [6, 6.07) is 5.74. The van der Waals surface area contributed by atoms with Gasteiger partial charge in [0.15, 0.2) is 0 Å². The number of hydrogen-bond donors (Lipinski definition) is 2. The molecule has 0 aromatic heterocycles. The Morgan fingerprint density at radius 2 is 1.91 bits per heavy atom. The van der Waals surface area contributed by atoms with Gasteiger partial charge in [-0.05, 0) is 36.6 Å². The van der Waals surface area contributed by atoms with Crippen LogP contribution in [0.4, 0.5) is 5.95 Å². The van der Waals surface area contributed by atoms with Crippen LogP contribution in [0.25, 0.3) is 11.4 Å². The number of ether oxygens (including phenoxy) is 1. The highest BCUT2D eigenvalue weighted by atomic mass is 16.5. The Labute approximate surface area is 133 Å². The summed E-state index contributed by atoms with van der Waals surface area (Å²) in [5.74, 6) is 1.04. The fourth-order valence-electron chi connectivity index (χ4n) is 2.93. The van der Waals surface area contributed by atoms with E-state index in [1.165, 1.54) is 0 Å². The molecule has 23 heavy (non-hydrogen) atoms. The van der Waals surface area contributed by atoms with Crippen LogP contribution in [0.3, 0.4) is 0 Å². The number of fused-ring (bicyclic) bond motifs is 1. The zero-order valence-corrected chi connectivity index (χ0v) is 13.3. The lowest BCUT2D eigenvalue weighted by atomic mass is 9.99. The summed E-state index contributed by atoms with van der Waals surface area (Å²) in [7, 11) is 1.66. The van der Waals surface area contributed by atoms with Crippen LogP contribution in [0.5, 0.6) is 5.75 Å². The zero-order valence-electron chi connectivity index (χ0n) is 13.3. The molecule has 118 valence electrons. The van der Waals surface area contributed by atoms with Crippen LogP contribution in [-0.2, 0) is 6.42 Å². The van der Waals surface area contributed by atoms with Gasteiger partial charge in [-0.3, -0.25) is 4.79 Å². The van der Waals surface area contributed by atoms with Crippen molar-refractivity contribution >= 4 is 5.95 Å².